The lowest BCUT2D eigenvalue weighted by molar-refractivity contribution is 0.103. The summed E-state index contributed by atoms with van der Waals surface area (Å²) in [5.41, 5.74) is 7.27. The average Bonchev–Trinajstić information content (AvgIpc) is 2.47. The van der Waals surface area contributed by atoms with Gasteiger partial charge in [-0.15, -0.1) is 0 Å². The predicted molar refractivity (Wildman–Crippen MR) is 78.4 cm³/mol. The molecule has 0 atom stereocenters. The molecule has 0 bridgehead atoms. The van der Waals surface area contributed by atoms with E-state index in [0.717, 1.165) is 0 Å². The van der Waals surface area contributed by atoms with E-state index < -0.39 is 0 Å². The van der Waals surface area contributed by atoms with Crippen molar-refractivity contribution in [2.24, 2.45) is 0 Å². The van der Waals surface area contributed by atoms with Crippen LogP contribution in [0, 0.1) is 0 Å². The molecule has 0 aliphatic heterocycles. The second-order valence-corrected chi connectivity index (χ2v) is 4.21. The first-order valence-corrected chi connectivity index (χ1v) is 6.37. The van der Waals surface area contributed by atoms with Gasteiger partial charge in [-0.05, 0) is 31.2 Å². The molecule has 0 radical (unpaired) electrons. The van der Waals surface area contributed by atoms with Crippen molar-refractivity contribution in [1.29, 1.82) is 0 Å². The second-order valence-electron chi connectivity index (χ2n) is 4.21. The van der Waals surface area contributed by atoms with Gasteiger partial charge in [0.2, 0.25) is 0 Å². The number of nitrogen functional groups attached to an aromatic ring is 1. The highest BCUT2D eigenvalue weighted by atomic mass is 16.5. The molecule has 0 heterocycles. The van der Waals surface area contributed by atoms with Crippen LogP contribution >= 0.6 is 0 Å². The van der Waals surface area contributed by atoms with Crippen LogP contribution in [0.25, 0.3) is 0 Å². The van der Waals surface area contributed by atoms with Gasteiger partial charge in [-0.3, -0.25) is 4.79 Å². The summed E-state index contributed by atoms with van der Waals surface area (Å²) in [4.78, 5) is 12.5. The standard InChI is InChI=1S/C16H17NO3/c1-3-20-12-7-4-6-11(10-12)16(18)13-8-5-9-14(19-2)15(13)17/h4-10H,3,17H2,1-2H3. The molecular weight excluding hydrogens is 254 g/mol. The van der Waals surface area contributed by atoms with Gasteiger partial charge >= 0.3 is 0 Å². The molecule has 2 aromatic carbocycles. The zero-order chi connectivity index (χ0) is 14.5. The monoisotopic (exact) mass is 271 g/mol. The topological polar surface area (TPSA) is 61.5 Å². The van der Waals surface area contributed by atoms with Gasteiger partial charge in [0.25, 0.3) is 0 Å². The fourth-order valence-electron chi connectivity index (χ4n) is 1.97. The Labute approximate surface area is 118 Å². The van der Waals surface area contributed by atoms with E-state index in [1.165, 1.54) is 7.11 Å². The summed E-state index contributed by atoms with van der Waals surface area (Å²) in [5.74, 6) is 1.01. The average molecular weight is 271 g/mol. The molecule has 0 aliphatic rings. The lowest BCUT2D eigenvalue weighted by atomic mass is 10.0. The SMILES string of the molecule is CCOc1cccc(C(=O)c2cccc(OC)c2N)c1. The Morgan fingerprint density at radius 3 is 2.65 bits per heavy atom. The van der Waals surface area contributed by atoms with E-state index >= 15 is 0 Å². The summed E-state index contributed by atoms with van der Waals surface area (Å²) in [5, 5.41) is 0. The van der Waals surface area contributed by atoms with Gasteiger partial charge in [0.1, 0.15) is 11.5 Å². The molecule has 0 fully saturated rings. The lowest BCUT2D eigenvalue weighted by Gasteiger charge is -2.10. The molecule has 0 saturated carbocycles. The molecule has 2 aromatic rings. The Kier molecular flexibility index (Phi) is 4.25. The van der Waals surface area contributed by atoms with Crippen molar-refractivity contribution in [3.63, 3.8) is 0 Å². The van der Waals surface area contributed by atoms with E-state index in [4.69, 9.17) is 15.2 Å². The smallest absolute Gasteiger partial charge is 0.195 e. The van der Waals surface area contributed by atoms with E-state index in [9.17, 15) is 4.79 Å². The highest BCUT2D eigenvalue weighted by Gasteiger charge is 2.15. The van der Waals surface area contributed by atoms with Crippen LogP contribution in [-0.4, -0.2) is 19.5 Å². The first kappa shape index (κ1) is 13.9. The van der Waals surface area contributed by atoms with E-state index in [2.05, 4.69) is 0 Å². The van der Waals surface area contributed by atoms with Crippen LogP contribution < -0.4 is 15.2 Å². The van der Waals surface area contributed by atoms with Gasteiger partial charge in [0.15, 0.2) is 5.78 Å². The number of hydrogen-bond acceptors (Lipinski definition) is 4. The fraction of sp³-hybridized carbons (Fsp3) is 0.188. The number of hydrogen-bond donors (Lipinski definition) is 1. The zero-order valence-electron chi connectivity index (χ0n) is 11.6. The van der Waals surface area contributed by atoms with Gasteiger partial charge in [-0.1, -0.05) is 18.2 Å². The van der Waals surface area contributed by atoms with Crippen molar-refractivity contribution in [1.82, 2.24) is 0 Å². The Morgan fingerprint density at radius 2 is 1.95 bits per heavy atom. The summed E-state index contributed by atoms with van der Waals surface area (Å²) in [7, 11) is 1.52. The molecular formula is C16H17NO3. The van der Waals surface area contributed by atoms with Crippen LogP contribution in [0.15, 0.2) is 42.5 Å². The van der Waals surface area contributed by atoms with Crippen molar-refractivity contribution in [2.75, 3.05) is 19.5 Å². The molecule has 0 aliphatic carbocycles. The molecule has 0 aromatic heterocycles. The van der Waals surface area contributed by atoms with Crippen LogP contribution in [0.2, 0.25) is 0 Å². The van der Waals surface area contributed by atoms with Gasteiger partial charge in [0.05, 0.1) is 19.4 Å². The first-order valence-electron chi connectivity index (χ1n) is 6.37. The largest absolute Gasteiger partial charge is 0.495 e. The van der Waals surface area contributed by atoms with Crippen molar-refractivity contribution >= 4 is 11.5 Å². The highest BCUT2D eigenvalue weighted by molar-refractivity contribution is 6.12. The number of carbonyl (C=O) groups is 1. The number of methoxy groups -OCH3 is 1. The Balaban J connectivity index is 2.38. The number of rotatable bonds is 5. The number of para-hydroxylation sites is 1. The quantitative estimate of drug-likeness (QED) is 0.671. The summed E-state index contributed by atoms with van der Waals surface area (Å²) >= 11 is 0. The van der Waals surface area contributed by atoms with Crippen LogP contribution in [-0.2, 0) is 0 Å². The molecule has 0 spiro atoms. The van der Waals surface area contributed by atoms with Crippen molar-refractivity contribution in [2.45, 2.75) is 6.92 Å². The van der Waals surface area contributed by atoms with Crippen LogP contribution in [0.1, 0.15) is 22.8 Å². The molecule has 104 valence electrons. The minimum absolute atomic E-state index is 0.150. The molecule has 4 heteroatoms. The number of nitrogens with two attached hydrogens (primary N) is 1. The second kappa shape index (κ2) is 6.10. The zero-order valence-corrected chi connectivity index (χ0v) is 11.6. The molecule has 4 nitrogen and oxygen atoms in total. The van der Waals surface area contributed by atoms with E-state index in [1.807, 2.05) is 13.0 Å². The van der Waals surface area contributed by atoms with E-state index in [0.29, 0.717) is 34.9 Å². The van der Waals surface area contributed by atoms with Crippen molar-refractivity contribution in [3.05, 3.63) is 53.6 Å². The summed E-state index contributed by atoms with van der Waals surface area (Å²) in [6.07, 6.45) is 0. The van der Waals surface area contributed by atoms with Crippen LogP contribution in [0.5, 0.6) is 11.5 Å². The molecule has 2 N–H and O–H groups in total. The summed E-state index contributed by atoms with van der Waals surface area (Å²) < 4.78 is 10.5. The molecule has 0 amide bonds. The summed E-state index contributed by atoms with van der Waals surface area (Å²) in [6, 6.07) is 12.2. The Hall–Kier alpha value is -2.49. The number of ketones is 1. The molecule has 20 heavy (non-hydrogen) atoms. The van der Waals surface area contributed by atoms with Gasteiger partial charge in [-0.25, -0.2) is 0 Å². The van der Waals surface area contributed by atoms with Crippen molar-refractivity contribution in [3.8, 4) is 11.5 Å². The number of ether oxygens (including phenoxy) is 2. The Morgan fingerprint density at radius 1 is 1.20 bits per heavy atom. The third-order valence-corrected chi connectivity index (χ3v) is 2.94. The van der Waals surface area contributed by atoms with Gasteiger partial charge in [-0.2, -0.15) is 0 Å². The van der Waals surface area contributed by atoms with Gasteiger partial charge < -0.3 is 15.2 Å². The Bertz CT molecular complexity index is 623. The normalized spacial score (nSPS) is 10.1. The lowest BCUT2D eigenvalue weighted by Crippen LogP contribution is -2.07. The van der Waals surface area contributed by atoms with E-state index in [1.54, 1.807) is 36.4 Å². The molecule has 0 saturated heterocycles. The van der Waals surface area contributed by atoms with E-state index in [-0.39, 0.29) is 5.78 Å². The van der Waals surface area contributed by atoms with Gasteiger partial charge in [0, 0.05) is 11.1 Å². The first-order chi connectivity index (χ1) is 9.67. The maximum absolute atomic E-state index is 12.5. The highest BCUT2D eigenvalue weighted by Crippen LogP contribution is 2.27. The minimum Gasteiger partial charge on any atom is -0.495 e. The minimum atomic E-state index is -0.150. The third-order valence-electron chi connectivity index (χ3n) is 2.94. The van der Waals surface area contributed by atoms with Crippen molar-refractivity contribution < 1.29 is 14.3 Å². The van der Waals surface area contributed by atoms with Crippen LogP contribution in [0.3, 0.4) is 0 Å². The van der Waals surface area contributed by atoms with Crippen LogP contribution in [0.4, 0.5) is 5.69 Å². The number of carbonyl (C=O) groups excluding carboxylic acids is 1. The maximum Gasteiger partial charge on any atom is 0.195 e. The third kappa shape index (κ3) is 2.74. The molecule has 2 rings (SSSR count). The number of benzene rings is 2. The summed E-state index contributed by atoms with van der Waals surface area (Å²) in [6.45, 7) is 2.45. The molecule has 0 unspecified atom stereocenters. The number of anilines is 1. The maximum atomic E-state index is 12.5. The predicted octanol–water partition coefficient (Wildman–Crippen LogP) is 2.91. The fourth-order valence-corrected chi connectivity index (χ4v) is 1.97.